The SMILES string of the molecule is Cc1cc(C)nc(-c2nc[nH]n2)n1.Nc1ncnn1-c1c(Cl)cccc1Cl. The molecule has 4 aromatic rings. The van der Waals surface area contributed by atoms with E-state index in [1.165, 1.54) is 17.3 Å². The molecule has 0 spiro atoms. The first-order chi connectivity index (χ1) is 13.0. The fourth-order valence-electron chi connectivity index (χ4n) is 2.26. The lowest BCUT2D eigenvalue weighted by Crippen LogP contribution is -2.03. The van der Waals surface area contributed by atoms with Gasteiger partial charge in [0.1, 0.15) is 18.3 Å². The van der Waals surface area contributed by atoms with Crippen LogP contribution in [0.3, 0.4) is 0 Å². The molecule has 0 unspecified atom stereocenters. The molecule has 4 rings (SSSR count). The number of aromatic nitrogens is 8. The average molecular weight is 404 g/mol. The van der Waals surface area contributed by atoms with Crippen molar-refractivity contribution in [2.75, 3.05) is 5.73 Å². The third kappa shape index (κ3) is 4.39. The van der Waals surface area contributed by atoms with Gasteiger partial charge in [-0.15, -0.1) is 0 Å². The highest BCUT2D eigenvalue weighted by Crippen LogP contribution is 2.28. The Kier molecular flexibility index (Phi) is 5.63. The fraction of sp³-hybridized carbons (Fsp3) is 0.125. The summed E-state index contributed by atoms with van der Waals surface area (Å²) in [7, 11) is 0. The lowest BCUT2D eigenvalue weighted by atomic mass is 10.3. The highest BCUT2D eigenvalue weighted by molar-refractivity contribution is 6.37. The smallest absolute Gasteiger partial charge is 0.223 e. The summed E-state index contributed by atoms with van der Waals surface area (Å²) in [6.07, 6.45) is 2.85. The van der Waals surface area contributed by atoms with Crippen molar-refractivity contribution in [3.63, 3.8) is 0 Å². The number of anilines is 1. The van der Waals surface area contributed by atoms with Crippen LogP contribution in [0.2, 0.25) is 10.0 Å². The summed E-state index contributed by atoms with van der Waals surface area (Å²) in [6.45, 7) is 3.84. The molecule has 0 bridgehead atoms. The molecular weight excluding hydrogens is 389 g/mol. The van der Waals surface area contributed by atoms with Crippen molar-refractivity contribution >= 4 is 29.2 Å². The van der Waals surface area contributed by atoms with Crippen molar-refractivity contribution in [2.24, 2.45) is 0 Å². The lowest BCUT2D eigenvalue weighted by Gasteiger charge is -2.06. The topological polar surface area (TPSA) is 124 Å². The number of nitrogen functional groups attached to an aromatic ring is 1. The first kappa shape index (κ1) is 18.7. The lowest BCUT2D eigenvalue weighted by molar-refractivity contribution is 0.891. The fourth-order valence-corrected chi connectivity index (χ4v) is 2.81. The van der Waals surface area contributed by atoms with Crippen molar-refractivity contribution in [3.05, 3.63) is 58.4 Å². The van der Waals surface area contributed by atoms with E-state index < -0.39 is 0 Å². The number of nitrogens with one attached hydrogen (secondary N) is 1. The van der Waals surface area contributed by atoms with Gasteiger partial charge in [-0.25, -0.2) is 15.0 Å². The van der Waals surface area contributed by atoms with E-state index in [1.807, 2.05) is 19.9 Å². The Hall–Kier alpha value is -3.04. The van der Waals surface area contributed by atoms with E-state index in [-0.39, 0.29) is 5.95 Å². The quantitative estimate of drug-likeness (QED) is 0.526. The van der Waals surface area contributed by atoms with E-state index in [1.54, 1.807) is 18.2 Å². The molecule has 138 valence electrons. The van der Waals surface area contributed by atoms with Crippen LogP contribution in [0.5, 0.6) is 0 Å². The molecular formula is C16H15Cl2N9. The van der Waals surface area contributed by atoms with Gasteiger partial charge in [0.2, 0.25) is 11.8 Å². The van der Waals surface area contributed by atoms with Crippen LogP contribution in [0.25, 0.3) is 17.3 Å². The largest absolute Gasteiger partial charge is 0.368 e. The molecule has 0 fully saturated rings. The molecule has 27 heavy (non-hydrogen) atoms. The number of nitrogens with zero attached hydrogens (tertiary/aromatic N) is 7. The molecule has 11 heteroatoms. The van der Waals surface area contributed by atoms with E-state index in [0.29, 0.717) is 27.4 Å². The minimum Gasteiger partial charge on any atom is -0.368 e. The molecule has 3 heterocycles. The van der Waals surface area contributed by atoms with E-state index in [2.05, 4.69) is 35.2 Å². The molecule has 0 atom stereocenters. The minimum absolute atomic E-state index is 0.250. The first-order valence-electron chi connectivity index (χ1n) is 7.74. The third-order valence-corrected chi connectivity index (χ3v) is 3.93. The van der Waals surface area contributed by atoms with Gasteiger partial charge in [-0.3, -0.25) is 5.10 Å². The summed E-state index contributed by atoms with van der Waals surface area (Å²) >= 11 is 11.9. The molecule has 0 saturated heterocycles. The number of aromatic amines is 1. The highest BCUT2D eigenvalue weighted by atomic mass is 35.5. The van der Waals surface area contributed by atoms with Gasteiger partial charge >= 0.3 is 0 Å². The van der Waals surface area contributed by atoms with Gasteiger partial charge in [0.05, 0.1) is 10.0 Å². The van der Waals surface area contributed by atoms with Crippen molar-refractivity contribution in [3.8, 4) is 17.3 Å². The van der Waals surface area contributed by atoms with Crippen LogP contribution in [-0.4, -0.2) is 39.9 Å². The summed E-state index contributed by atoms with van der Waals surface area (Å²) in [4.78, 5) is 16.2. The maximum Gasteiger partial charge on any atom is 0.223 e. The van der Waals surface area contributed by atoms with Crippen molar-refractivity contribution in [1.29, 1.82) is 0 Å². The second-order valence-corrected chi connectivity index (χ2v) is 6.21. The molecule has 0 radical (unpaired) electrons. The second kappa shape index (κ2) is 8.11. The normalized spacial score (nSPS) is 10.4. The standard InChI is InChI=1S/C8H6Cl2N4.C8H9N5/c9-5-2-1-3-6(10)7(5)14-8(11)12-4-13-14;1-5-3-6(2)12-8(11-5)7-9-4-10-13-7/h1-4H,(H2,11,12,13);3-4H,1-2H3,(H,9,10,13). The molecule has 0 amide bonds. The van der Waals surface area contributed by atoms with Crippen LogP contribution in [0.4, 0.5) is 5.95 Å². The van der Waals surface area contributed by atoms with Crippen LogP contribution in [0.1, 0.15) is 11.4 Å². The van der Waals surface area contributed by atoms with Crippen LogP contribution in [0, 0.1) is 13.8 Å². The monoisotopic (exact) mass is 403 g/mol. The number of aryl methyl sites for hydroxylation is 2. The third-order valence-electron chi connectivity index (χ3n) is 3.32. The Bertz CT molecular complexity index is 1000. The van der Waals surface area contributed by atoms with Crippen molar-refractivity contribution in [2.45, 2.75) is 13.8 Å². The Morgan fingerprint density at radius 3 is 2.19 bits per heavy atom. The van der Waals surface area contributed by atoms with Gasteiger partial charge in [0, 0.05) is 11.4 Å². The van der Waals surface area contributed by atoms with Crippen LogP contribution in [-0.2, 0) is 0 Å². The summed E-state index contributed by atoms with van der Waals surface area (Å²) in [5.41, 5.74) is 7.98. The number of hydrogen-bond donors (Lipinski definition) is 2. The molecule has 3 aromatic heterocycles. The Morgan fingerprint density at radius 2 is 1.67 bits per heavy atom. The van der Waals surface area contributed by atoms with E-state index in [0.717, 1.165) is 11.4 Å². The minimum atomic E-state index is 0.250. The summed E-state index contributed by atoms with van der Waals surface area (Å²) in [6, 6.07) is 7.09. The van der Waals surface area contributed by atoms with Crippen molar-refractivity contribution < 1.29 is 0 Å². The second-order valence-electron chi connectivity index (χ2n) is 5.40. The molecule has 0 saturated carbocycles. The van der Waals surface area contributed by atoms with Gasteiger partial charge < -0.3 is 5.73 Å². The number of para-hydroxylation sites is 1. The first-order valence-corrected chi connectivity index (χ1v) is 8.49. The summed E-state index contributed by atoms with van der Waals surface area (Å²) < 4.78 is 1.39. The van der Waals surface area contributed by atoms with Gasteiger partial charge in [-0.1, -0.05) is 29.3 Å². The Labute approximate surface area is 164 Å². The van der Waals surface area contributed by atoms with Gasteiger partial charge in [0.15, 0.2) is 5.82 Å². The number of nitrogens with two attached hydrogens (primary N) is 1. The average Bonchev–Trinajstić information content (AvgIpc) is 3.27. The summed E-state index contributed by atoms with van der Waals surface area (Å²) in [5.74, 6) is 1.35. The number of benzene rings is 1. The Morgan fingerprint density at radius 1 is 1.00 bits per heavy atom. The number of hydrogen-bond acceptors (Lipinski definition) is 7. The Balaban J connectivity index is 0.000000156. The predicted octanol–water partition coefficient (Wildman–Crippen LogP) is 3.03. The maximum absolute atomic E-state index is 5.96. The van der Waals surface area contributed by atoms with Gasteiger partial charge in [0.25, 0.3) is 0 Å². The van der Waals surface area contributed by atoms with E-state index >= 15 is 0 Å². The van der Waals surface area contributed by atoms with Gasteiger partial charge in [-0.2, -0.15) is 19.9 Å². The van der Waals surface area contributed by atoms with Crippen molar-refractivity contribution in [1.82, 2.24) is 39.9 Å². The molecule has 1 aromatic carbocycles. The molecule has 9 nitrogen and oxygen atoms in total. The van der Waals surface area contributed by atoms with Crippen LogP contribution < -0.4 is 5.73 Å². The molecule has 0 aliphatic rings. The maximum atomic E-state index is 5.96. The zero-order valence-electron chi connectivity index (χ0n) is 14.4. The number of rotatable bonds is 2. The zero-order valence-corrected chi connectivity index (χ0v) is 15.9. The molecule has 3 N–H and O–H groups in total. The van der Waals surface area contributed by atoms with E-state index in [9.17, 15) is 0 Å². The van der Waals surface area contributed by atoms with Gasteiger partial charge in [-0.05, 0) is 32.0 Å². The predicted molar refractivity (Wildman–Crippen MR) is 103 cm³/mol. The van der Waals surface area contributed by atoms with Crippen LogP contribution in [0.15, 0.2) is 36.9 Å². The summed E-state index contributed by atoms with van der Waals surface area (Å²) in [5, 5.41) is 11.4. The zero-order chi connectivity index (χ0) is 19.4. The number of halogens is 2. The van der Waals surface area contributed by atoms with Crippen LogP contribution >= 0.6 is 23.2 Å². The van der Waals surface area contributed by atoms with E-state index in [4.69, 9.17) is 28.9 Å². The highest BCUT2D eigenvalue weighted by Gasteiger charge is 2.11. The number of H-pyrrole nitrogens is 1. The molecule has 0 aliphatic carbocycles. The molecule has 0 aliphatic heterocycles.